The van der Waals surface area contributed by atoms with Gasteiger partial charge in [-0.25, -0.2) is 4.79 Å². The first kappa shape index (κ1) is 10.7. The molecule has 0 fully saturated rings. The number of esters is 1. The lowest BCUT2D eigenvalue weighted by atomic mass is 10.1. The van der Waals surface area contributed by atoms with E-state index < -0.39 is 12.1 Å². The number of aliphatic hydroxyl groups is 1. The van der Waals surface area contributed by atoms with E-state index in [1.807, 2.05) is 24.3 Å². The number of aromatic nitrogens is 1. The van der Waals surface area contributed by atoms with Crippen molar-refractivity contribution in [2.24, 2.45) is 0 Å². The Morgan fingerprint density at radius 3 is 3.00 bits per heavy atom. The lowest BCUT2D eigenvalue weighted by molar-refractivity contribution is -0.150. The predicted molar refractivity (Wildman–Crippen MR) is 60.0 cm³/mol. The summed E-state index contributed by atoms with van der Waals surface area (Å²) in [6.45, 7) is 0. The minimum atomic E-state index is -1.11. The molecule has 0 saturated heterocycles. The average molecular weight is 219 g/mol. The number of fused-ring (bicyclic) bond motifs is 1. The summed E-state index contributed by atoms with van der Waals surface area (Å²) in [5, 5.41) is 10.6. The molecule has 4 heteroatoms. The quantitative estimate of drug-likeness (QED) is 0.763. The second kappa shape index (κ2) is 4.37. The number of rotatable bonds is 3. The molecule has 1 aromatic heterocycles. The van der Waals surface area contributed by atoms with Crippen molar-refractivity contribution < 1.29 is 14.6 Å². The Morgan fingerprint density at radius 2 is 2.25 bits per heavy atom. The molecule has 2 N–H and O–H groups in total. The third-order valence-electron chi connectivity index (χ3n) is 2.56. The van der Waals surface area contributed by atoms with Crippen molar-refractivity contribution in [1.29, 1.82) is 0 Å². The summed E-state index contributed by atoms with van der Waals surface area (Å²) in [6, 6.07) is 7.75. The van der Waals surface area contributed by atoms with E-state index in [0.29, 0.717) is 0 Å². The van der Waals surface area contributed by atoms with Crippen LogP contribution in [0.1, 0.15) is 5.56 Å². The smallest absolute Gasteiger partial charge is 0.335 e. The number of H-pyrrole nitrogens is 1. The Kier molecular flexibility index (Phi) is 2.92. The molecule has 0 saturated carbocycles. The van der Waals surface area contributed by atoms with Gasteiger partial charge in [0.2, 0.25) is 0 Å². The topological polar surface area (TPSA) is 62.3 Å². The van der Waals surface area contributed by atoms with E-state index in [1.165, 1.54) is 7.11 Å². The first-order valence-corrected chi connectivity index (χ1v) is 5.03. The third-order valence-corrected chi connectivity index (χ3v) is 2.56. The number of aliphatic hydroxyl groups excluding tert-OH is 1. The van der Waals surface area contributed by atoms with Crippen molar-refractivity contribution in [3.05, 3.63) is 36.0 Å². The van der Waals surface area contributed by atoms with E-state index in [0.717, 1.165) is 16.5 Å². The zero-order valence-electron chi connectivity index (χ0n) is 8.93. The Balaban J connectivity index is 2.24. The lowest BCUT2D eigenvalue weighted by Gasteiger charge is -2.06. The van der Waals surface area contributed by atoms with Crippen LogP contribution >= 0.6 is 0 Å². The van der Waals surface area contributed by atoms with Gasteiger partial charge in [0.1, 0.15) is 0 Å². The van der Waals surface area contributed by atoms with E-state index in [1.54, 1.807) is 6.20 Å². The lowest BCUT2D eigenvalue weighted by Crippen LogP contribution is -2.23. The SMILES string of the molecule is COC(=O)C(O)Cc1c[nH]c2ccccc12. The van der Waals surface area contributed by atoms with Crippen molar-refractivity contribution in [3.8, 4) is 0 Å². The summed E-state index contributed by atoms with van der Waals surface area (Å²) in [6.07, 6.45) is 0.956. The molecule has 0 aliphatic rings. The van der Waals surface area contributed by atoms with Gasteiger partial charge in [0.25, 0.3) is 0 Å². The minimum absolute atomic E-state index is 0.261. The molecule has 4 nitrogen and oxygen atoms in total. The molecule has 1 unspecified atom stereocenters. The van der Waals surface area contributed by atoms with Gasteiger partial charge in [0.05, 0.1) is 7.11 Å². The molecule has 0 aliphatic heterocycles. The summed E-state index contributed by atoms with van der Waals surface area (Å²) in [5.74, 6) is -0.606. The largest absolute Gasteiger partial charge is 0.467 e. The highest BCUT2D eigenvalue weighted by Gasteiger charge is 2.17. The van der Waals surface area contributed by atoms with Crippen molar-refractivity contribution in [2.75, 3.05) is 7.11 Å². The predicted octanol–water partition coefficient (Wildman–Crippen LogP) is 1.24. The summed E-state index contributed by atoms with van der Waals surface area (Å²) in [4.78, 5) is 14.2. The zero-order chi connectivity index (χ0) is 11.5. The molecule has 0 aliphatic carbocycles. The number of carbonyl (C=O) groups excluding carboxylic acids is 1. The summed E-state index contributed by atoms with van der Waals surface area (Å²) >= 11 is 0. The Hall–Kier alpha value is -1.81. The maximum absolute atomic E-state index is 11.1. The van der Waals surface area contributed by atoms with Crippen LogP contribution in [0.5, 0.6) is 0 Å². The monoisotopic (exact) mass is 219 g/mol. The molecule has 1 aromatic carbocycles. The molecular weight excluding hydrogens is 206 g/mol. The normalized spacial score (nSPS) is 12.6. The minimum Gasteiger partial charge on any atom is -0.467 e. The maximum Gasteiger partial charge on any atom is 0.335 e. The number of ether oxygens (including phenoxy) is 1. The number of aromatic amines is 1. The van der Waals surface area contributed by atoms with Crippen LogP contribution in [0, 0.1) is 0 Å². The number of hydrogen-bond donors (Lipinski definition) is 2. The molecule has 16 heavy (non-hydrogen) atoms. The van der Waals surface area contributed by atoms with Crippen LogP contribution < -0.4 is 0 Å². The van der Waals surface area contributed by atoms with E-state index in [-0.39, 0.29) is 6.42 Å². The van der Waals surface area contributed by atoms with Crippen molar-refractivity contribution >= 4 is 16.9 Å². The number of benzene rings is 1. The summed E-state index contributed by atoms with van der Waals surface area (Å²) < 4.78 is 4.47. The average Bonchev–Trinajstić information content (AvgIpc) is 2.72. The molecule has 2 aromatic rings. The fourth-order valence-corrected chi connectivity index (χ4v) is 1.73. The van der Waals surface area contributed by atoms with E-state index >= 15 is 0 Å². The number of carbonyl (C=O) groups is 1. The molecular formula is C12H13NO3. The van der Waals surface area contributed by atoms with Crippen molar-refractivity contribution in [1.82, 2.24) is 4.98 Å². The molecule has 0 radical (unpaired) electrons. The Morgan fingerprint density at radius 1 is 1.50 bits per heavy atom. The zero-order valence-corrected chi connectivity index (χ0v) is 8.93. The van der Waals surface area contributed by atoms with E-state index in [2.05, 4.69) is 9.72 Å². The van der Waals surface area contributed by atoms with Gasteiger partial charge in [-0.3, -0.25) is 0 Å². The molecule has 84 valence electrons. The van der Waals surface area contributed by atoms with Crippen LogP contribution in [0.2, 0.25) is 0 Å². The molecule has 0 spiro atoms. The maximum atomic E-state index is 11.1. The molecule has 2 rings (SSSR count). The van der Waals surface area contributed by atoms with Gasteiger partial charge in [0, 0.05) is 23.5 Å². The number of hydrogen-bond acceptors (Lipinski definition) is 3. The highest BCUT2D eigenvalue weighted by molar-refractivity contribution is 5.84. The highest BCUT2D eigenvalue weighted by Crippen LogP contribution is 2.19. The fraction of sp³-hybridized carbons (Fsp3) is 0.250. The van der Waals surface area contributed by atoms with Gasteiger partial charge in [-0.1, -0.05) is 18.2 Å². The number of methoxy groups -OCH3 is 1. The van der Waals surface area contributed by atoms with E-state index in [4.69, 9.17) is 0 Å². The second-order valence-electron chi connectivity index (χ2n) is 3.60. The molecule has 0 bridgehead atoms. The second-order valence-corrected chi connectivity index (χ2v) is 3.60. The van der Waals surface area contributed by atoms with Crippen LogP contribution in [-0.2, 0) is 16.0 Å². The van der Waals surface area contributed by atoms with Gasteiger partial charge in [0.15, 0.2) is 6.10 Å². The summed E-state index contributed by atoms with van der Waals surface area (Å²) in [7, 11) is 1.26. The van der Waals surface area contributed by atoms with Crippen molar-refractivity contribution in [2.45, 2.75) is 12.5 Å². The molecule has 1 heterocycles. The van der Waals surface area contributed by atoms with Gasteiger partial charge in [-0.15, -0.1) is 0 Å². The van der Waals surface area contributed by atoms with Crippen molar-refractivity contribution in [3.63, 3.8) is 0 Å². The molecule has 1 atom stereocenters. The summed E-state index contributed by atoms with van der Waals surface area (Å²) in [5.41, 5.74) is 1.91. The van der Waals surface area contributed by atoms with Crippen LogP contribution in [0.15, 0.2) is 30.5 Å². The molecule has 0 amide bonds. The van der Waals surface area contributed by atoms with Gasteiger partial charge in [-0.05, 0) is 11.6 Å². The first-order chi connectivity index (χ1) is 7.72. The van der Waals surface area contributed by atoms with Gasteiger partial charge >= 0.3 is 5.97 Å². The fourth-order valence-electron chi connectivity index (χ4n) is 1.73. The first-order valence-electron chi connectivity index (χ1n) is 5.03. The van der Waals surface area contributed by atoms with Gasteiger partial charge < -0.3 is 14.8 Å². The Bertz CT molecular complexity index is 504. The van der Waals surface area contributed by atoms with Crippen LogP contribution in [0.3, 0.4) is 0 Å². The van der Waals surface area contributed by atoms with Crippen LogP contribution in [-0.4, -0.2) is 29.3 Å². The standard InChI is InChI=1S/C12H13NO3/c1-16-12(15)11(14)6-8-7-13-10-5-3-2-4-9(8)10/h2-5,7,11,13-14H,6H2,1H3. The Labute approximate surface area is 92.9 Å². The van der Waals surface area contributed by atoms with E-state index in [9.17, 15) is 9.90 Å². The van der Waals surface area contributed by atoms with Crippen LogP contribution in [0.25, 0.3) is 10.9 Å². The third kappa shape index (κ3) is 1.92. The number of para-hydroxylation sites is 1. The van der Waals surface area contributed by atoms with Crippen LogP contribution in [0.4, 0.5) is 0 Å². The number of nitrogens with one attached hydrogen (secondary N) is 1. The highest BCUT2D eigenvalue weighted by atomic mass is 16.5. The van der Waals surface area contributed by atoms with Gasteiger partial charge in [-0.2, -0.15) is 0 Å².